The highest BCUT2D eigenvalue weighted by Gasteiger charge is 2.38. The fourth-order valence-electron chi connectivity index (χ4n) is 5.15. The van der Waals surface area contributed by atoms with E-state index >= 15 is 0 Å². The number of hydrogen-bond acceptors (Lipinski definition) is 3. The third-order valence-electron chi connectivity index (χ3n) is 7.07. The molecule has 2 heterocycles. The van der Waals surface area contributed by atoms with Gasteiger partial charge in [0, 0.05) is 13.2 Å². The van der Waals surface area contributed by atoms with Gasteiger partial charge in [0.2, 0.25) is 0 Å². The van der Waals surface area contributed by atoms with Crippen molar-refractivity contribution in [3.8, 4) is 0 Å². The van der Waals surface area contributed by atoms with Crippen LogP contribution in [0.25, 0.3) is 0 Å². The second-order valence-corrected chi connectivity index (χ2v) is 9.80. The molecule has 172 valence electrons. The number of hydrogen-bond donors (Lipinski definition) is 0. The van der Waals surface area contributed by atoms with Crippen molar-refractivity contribution in [3.05, 3.63) is 0 Å². The maximum absolute atomic E-state index is 6.35. The minimum absolute atomic E-state index is 0.00922. The Balaban J connectivity index is 1.67. The van der Waals surface area contributed by atoms with Gasteiger partial charge in [-0.2, -0.15) is 0 Å². The van der Waals surface area contributed by atoms with Crippen LogP contribution in [0, 0.1) is 0 Å². The first-order valence-corrected chi connectivity index (χ1v) is 13.1. The molecule has 0 saturated carbocycles. The standard InChI is InChI=1S/C26H50O3/c1-3-5-7-9-11-13-17-25(19-15-21-28-25)23-27-24-26(20-16-22-29-26)18-14-12-10-8-6-4-2/h3-24H2,1-2H3. The molecule has 0 aromatic heterocycles. The molecule has 2 unspecified atom stereocenters. The van der Waals surface area contributed by atoms with Gasteiger partial charge in [-0.05, 0) is 38.5 Å². The second-order valence-electron chi connectivity index (χ2n) is 9.80. The highest BCUT2D eigenvalue weighted by atomic mass is 16.6. The molecule has 2 atom stereocenters. The summed E-state index contributed by atoms with van der Waals surface area (Å²) in [5.74, 6) is 0. The zero-order valence-corrected chi connectivity index (χ0v) is 19.8. The van der Waals surface area contributed by atoms with E-state index in [2.05, 4.69) is 13.8 Å². The van der Waals surface area contributed by atoms with Gasteiger partial charge in [0.25, 0.3) is 0 Å². The van der Waals surface area contributed by atoms with Gasteiger partial charge in [0.05, 0.1) is 24.4 Å². The molecule has 0 spiro atoms. The van der Waals surface area contributed by atoms with Crippen LogP contribution < -0.4 is 0 Å². The lowest BCUT2D eigenvalue weighted by Crippen LogP contribution is -2.39. The topological polar surface area (TPSA) is 27.7 Å². The molecule has 3 nitrogen and oxygen atoms in total. The average Bonchev–Trinajstić information content (AvgIpc) is 3.38. The van der Waals surface area contributed by atoms with Crippen LogP contribution in [0.2, 0.25) is 0 Å². The van der Waals surface area contributed by atoms with Gasteiger partial charge >= 0.3 is 0 Å². The molecule has 2 fully saturated rings. The summed E-state index contributed by atoms with van der Waals surface area (Å²) >= 11 is 0. The Labute approximate surface area is 181 Å². The van der Waals surface area contributed by atoms with Crippen LogP contribution in [0.3, 0.4) is 0 Å². The molecule has 2 saturated heterocycles. The summed E-state index contributed by atoms with van der Waals surface area (Å²) in [7, 11) is 0. The summed E-state index contributed by atoms with van der Waals surface area (Å²) in [4.78, 5) is 0. The quantitative estimate of drug-likeness (QED) is 0.218. The van der Waals surface area contributed by atoms with Gasteiger partial charge in [0.1, 0.15) is 0 Å². The third kappa shape index (κ3) is 9.70. The van der Waals surface area contributed by atoms with E-state index in [9.17, 15) is 0 Å². The molecule has 2 aliphatic heterocycles. The van der Waals surface area contributed by atoms with Crippen molar-refractivity contribution >= 4 is 0 Å². The van der Waals surface area contributed by atoms with E-state index in [0.29, 0.717) is 0 Å². The van der Waals surface area contributed by atoms with Crippen molar-refractivity contribution < 1.29 is 14.2 Å². The van der Waals surface area contributed by atoms with Crippen molar-refractivity contribution in [2.24, 2.45) is 0 Å². The predicted octanol–water partition coefficient (Wildman–Crippen LogP) is 7.60. The minimum atomic E-state index is -0.00922. The summed E-state index contributed by atoms with van der Waals surface area (Å²) in [6.07, 6.45) is 23.3. The van der Waals surface area contributed by atoms with E-state index in [4.69, 9.17) is 14.2 Å². The smallest absolute Gasteiger partial charge is 0.0915 e. The Hall–Kier alpha value is -0.120. The lowest BCUT2D eigenvalue weighted by Gasteiger charge is -2.32. The average molecular weight is 411 g/mol. The third-order valence-corrected chi connectivity index (χ3v) is 7.07. The summed E-state index contributed by atoms with van der Waals surface area (Å²) in [6.45, 7) is 7.93. The van der Waals surface area contributed by atoms with Crippen molar-refractivity contribution in [3.63, 3.8) is 0 Å². The molecule has 0 bridgehead atoms. The van der Waals surface area contributed by atoms with E-state index in [1.807, 2.05) is 0 Å². The monoisotopic (exact) mass is 410 g/mol. The SMILES string of the molecule is CCCCCCCCC1(COCC2(CCCCCCCC)CCCO2)CCCO1. The molecule has 0 N–H and O–H groups in total. The van der Waals surface area contributed by atoms with E-state index < -0.39 is 0 Å². The number of rotatable bonds is 18. The van der Waals surface area contributed by atoms with E-state index in [1.54, 1.807) is 0 Å². The largest absolute Gasteiger partial charge is 0.375 e. The molecule has 3 heteroatoms. The highest BCUT2D eigenvalue weighted by Crippen LogP contribution is 2.35. The van der Waals surface area contributed by atoms with Crippen molar-refractivity contribution in [2.75, 3.05) is 26.4 Å². The molecule has 0 radical (unpaired) electrons. The molecule has 29 heavy (non-hydrogen) atoms. The summed E-state index contributed by atoms with van der Waals surface area (Å²) in [5, 5.41) is 0. The van der Waals surface area contributed by atoms with Crippen LogP contribution in [0.5, 0.6) is 0 Å². The van der Waals surface area contributed by atoms with Crippen LogP contribution in [-0.4, -0.2) is 37.6 Å². The van der Waals surface area contributed by atoms with Gasteiger partial charge in [-0.25, -0.2) is 0 Å². The Morgan fingerprint density at radius 3 is 1.38 bits per heavy atom. The first-order chi connectivity index (χ1) is 14.2. The normalized spacial score (nSPS) is 27.1. The van der Waals surface area contributed by atoms with E-state index in [1.165, 1.54) is 116 Å². The summed E-state index contributed by atoms with van der Waals surface area (Å²) in [5.41, 5.74) is -0.0184. The molecule has 0 aromatic rings. The lowest BCUT2D eigenvalue weighted by atomic mass is 9.92. The first-order valence-electron chi connectivity index (χ1n) is 13.1. The van der Waals surface area contributed by atoms with Crippen LogP contribution in [-0.2, 0) is 14.2 Å². The van der Waals surface area contributed by atoms with Crippen LogP contribution in [0.1, 0.15) is 129 Å². The van der Waals surface area contributed by atoms with Crippen LogP contribution in [0.4, 0.5) is 0 Å². The molecule has 0 amide bonds. The first kappa shape index (κ1) is 25.1. The molecular weight excluding hydrogens is 360 g/mol. The molecular formula is C26H50O3. The second kappa shape index (κ2) is 14.8. The molecule has 2 aliphatic rings. The Morgan fingerprint density at radius 2 is 1.00 bits per heavy atom. The van der Waals surface area contributed by atoms with Gasteiger partial charge in [-0.3, -0.25) is 0 Å². The Kier molecular flexibility index (Phi) is 12.8. The predicted molar refractivity (Wildman–Crippen MR) is 123 cm³/mol. The van der Waals surface area contributed by atoms with Crippen LogP contribution in [0.15, 0.2) is 0 Å². The Bertz CT molecular complexity index is 347. The highest BCUT2D eigenvalue weighted by molar-refractivity contribution is 4.88. The van der Waals surface area contributed by atoms with Gasteiger partial charge in [-0.1, -0.05) is 90.9 Å². The minimum Gasteiger partial charge on any atom is -0.375 e. The fraction of sp³-hybridized carbons (Fsp3) is 1.00. The molecule has 0 aliphatic carbocycles. The summed E-state index contributed by atoms with van der Waals surface area (Å²) in [6, 6.07) is 0. The van der Waals surface area contributed by atoms with Crippen molar-refractivity contribution in [1.82, 2.24) is 0 Å². The molecule has 2 rings (SSSR count). The Morgan fingerprint density at radius 1 is 0.586 bits per heavy atom. The zero-order valence-electron chi connectivity index (χ0n) is 19.8. The summed E-state index contributed by atoms with van der Waals surface area (Å²) < 4.78 is 18.8. The van der Waals surface area contributed by atoms with Crippen molar-refractivity contribution in [2.45, 2.75) is 141 Å². The maximum atomic E-state index is 6.35. The van der Waals surface area contributed by atoms with Crippen molar-refractivity contribution in [1.29, 1.82) is 0 Å². The lowest BCUT2D eigenvalue weighted by molar-refractivity contribution is -0.116. The van der Waals surface area contributed by atoms with Crippen LogP contribution >= 0.6 is 0 Å². The fourth-order valence-corrected chi connectivity index (χ4v) is 5.15. The van der Waals surface area contributed by atoms with Gasteiger partial charge < -0.3 is 14.2 Å². The van der Waals surface area contributed by atoms with E-state index in [-0.39, 0.29) is 11.2 Å². The van der Waals surface area contributed by atoms with E-state index in [0.717, 1.165) is 26.4 Å². The number of unbranched alkanes of at least 4 members (excludes halogenated alkanes) is 10. The maximum Gasteiger partial charge on any atom is 0.0915 e. The zero-order chi connectivity index (χ0) is 20.7. The molecule has 0 aromatic carbocycles. The number of ether oxygens (including phenoxy) is 3. The van der Waals surface area contributed by atoms with Gasteiger partial charge in [0.15, 0.2) is 0 Å². The van der Waals surface area contributed by atoms with Gasteiger partial charge in [-0.15, -0.1) is 0 Å².